The topological polar surface area (TPSA) is 38.7 Å². The molecular formula is C41H19B7ClN3. The summed E-state index contributed by atoms with van der Waals surface area (Å²) < 4.78 is 0. The first-order valence-electron chi connectivity index (χ1n) is 16.3. The first kappa shape index (κ1) is 33.9. The maximum Gasteiger partial charge on any atom is 0.226 e. The first-order chi connectivity index (χ1) is 25.1. The second kappa shape index (κ2) is 13.4. The fraction of sp³-hybridized carbons (Fsp3) is 0. The molecule has 8 aromatic rings. The zero-order valence-electron chi connectivity index (χ0n) is 27.7. The predicted molar refractivity (Wildman–Crippen MR) is 225 cm³/mol. The van der Waals surface area contributed by atoms with E-state index in [0.717, 1.165) is 27.6 Å². The van der Waals surface area contributed by atoms with E-state index < -0.39 is 0 Å². The molecule has 1 aromatic heterocycles. The second-order valence-corrected chi connectivity index (χ2v) is 12.8. The minimum absolute atomic E-state index is 0.0602. The molecule has 7 aromatic carbocycles. The molecular weight excluding hydrogens is 646 g/mol. The third-order valence-corrected chi connectivity index (χ3v) is 9.68. The standard InChI is InChI=1S/C41H19B7ClN3/c42-32-29(30-31(34(44)36(32)46)35(45)38(48)37(47)33(30)43)21-15-17-22(18-16-21)39-50-40(52-41(49)51-39)24-10-4-9-23(19-24)26-12-6-13-27-25(11-5-14-28(26)27)20-7-2-1-3-8-20/h1-19H. The summed E-state index contributed by atoms with van der Waals surface area (Å²) in [7, 11) is 44.4. The van der Waals surface area contributed by atoms with Crippen molar-refractivity contribution in [2.75, 3.05) is 0 Å². The number of aromatic nitrogens is 3. The fourth-order valence-electron chi connectivity index (χ4n) is 6.87. The van der Waals surface area contributed by atoms with Crippen LogP contribution >= 0.6 is 11.6 Å². The van der Waals surface area contributed by atoms with Crippen LogP contribution in [-0.4, -0.2) is 69.9 Å². The van der Waals surface area contributed by atoms with Crippen molar-refractivity contribution in [1.29, 1.82) is 0 Å². The molecule has 0 saturated carbocycles. The van der Waals surface area contributed by atoms with Gasteiger partial charge in [-0.2, -0.15) is 9.97 Å². The molecule has 0 aliphatic rings. The van der Waals surface area contributed by atoms with Gasteiger partial charge in [-0.3, -0.25) is 0 Å². The van der Waals surface area contributed by atoms with E-state index in [-0.39, 0.29) is 43.5 Å². The lowest BCUT2D eigenvalue weighted by molar-refractivity contribution is 1.07. The summed E-state index contributed by atoms with van der Waals surface area (Å²) in [5.41, 5.74) is 8.38. The molecule has 0 N–H and O–H groups in total. The summed E-state index contributed by atoms with van der Waals surface area (Å²) in [5, 5.41) is 3.23. The third kappa shape index (κ3) is 5.70. The molecule has 11 heteroatoms. The molecule has 0 spiro atoms. The Morgan fingerprint density at radius 2 is 0.846 bits per heavy atom. The highest BCUT2D eigenvalue weighted by atomic mass is 35.5. The normalized spacial score (nSPS) is 11.3. The third-order valence-electron chi connectivity index (χ3n) is 9.51. The van der Waals surface area contributed by atoms with E-state index >= 15 is 0 Å². The lowest BCUT2D eigenvalue weighted by Crippen LogP contribution is -2.52. The van der Waals surface area contributed by atoms with Gasteiger partial charge < -0.3 is 0 Å². The average Bonchev–Trinajstić information content (AvgIpc) is 3.18. The predicted octanol–water partition coefficient (Wildman–Crippen LogP) is 2.72. The average molecular weight is 665 g/mol. The van der Waals surface area contributed by atoms with E-state index in [1.807, 2.05) is 42.5 Å². The van der Waals surface area contributed by atoms with Crippen LogP contribution in [0.25, 0.3) is 77.7 Å². The smallest absolute Gasteiger partial charge is 0.208 e. The van der Waals surface area contributed by atoms with Gasteiger partial charge in [0, 0.05) is 11.1 Å². The molecule has 0 atom stereocenters. The quantitative estimate of drug-likeness (QED) is 0.266. The van der Waals surface area contributed by atoms with Crippen molar-refractivity contribution < 1.29 is 0 Å². The Hall–Kier alpha value is -5.19. The Morgan fingerprint density at radius 1 is 0.365 bits per heavy atom. The van der Waals surface area contributed by atoms with Crippen molar-refractivity contribution in [3.05, 3.63) is 121 Å². The SMILES string of the molecule is [B]c1c([B])c([B])c2c(-c3ccc(-c4nc(Cl)nc(-c5cccc(-c6cccc7c(-c8ccccc8)cccc67)c5)n4)cc3)c([B])c([B])c([B])c2c1[B]. The van der Waals surface area contributed by atoms with Crippen molar-refractivity contribution in [3.8, 4) is 56.2 Å². The van der Waals surface area contributed by atoms with Crippen LogP contribution in [0.4, 0.5) is 0 Å². The van der Waals surface area contributed by atoms with Crippen LogP contribution in [-0.2, 0) is 0 Å². The number of rotatable bonds is 5. The highest BCUT2D eigenvalue weighted by Gasteiger charge is 2.19. The van der Waals surface area contributed by atoms with Crippen molar-refractivity contribution >= 4 is 126 Å². The molecule has 52 heavy (non-hydrogen) atoms. The first-order valence-corrected chi connectivity index (χ1v) is 16.7. The van der Waals surface area contributed by atoms with Crippen molar-refractivity contribution in [1.82, 2.24) is 15.0 Å². The van der Waals surface area contributed by atoms with Gasteiger partial charge in [-0.1, -0.05) is 131 Å². The molecule has 14 radical (unpaired) electrons. The van der Waals surface area contributed by atoms with Gasteiger partial charge >= 0.3 is 0 Å². The molecule has 3 nitrogen and oxygen atoms in total. The number of hydrogen-bond donors (Lipinski definition) is 0. The molecule has 0 aliphatic carbocycles. The number of benzene rings is 7. The van der Waals surface area contributed by atoms with E-state index in [0.29, 0.717) is 39.1 Å². The van der Waals surface area contributed by atoms with Crippen LogP contribution in [0, 0.1) is 0 Å². The van der Waals surface area contributed by atoms with E-state index in [1.54, 1.807) is 0 Å². The molecule has 0 bridgehead atoms. The number of halogens is 1. The minimum Gasteiger partial charge on any atom is -0.208 e. The zero-order valence-corrected chi connectivity index (χ0v) is 28.5. The van der Waals surface area contributed by atoms with Gasteiger partial charge in [0.1, 0.15) is 54.9 Å². The maximum atomic E-state index is 6.54. The summed E-state index contributed by atoms with van der Waals surface area (Å²) in [4.78, 5) is 13.8. The molecule has 0 aliphatic heterocycles. The Balaban J connectivity index is 1.19. The van der Waals surface area contributed by atoms with E-state index in [4.69, 9.17) is 71.5 Å². The Kier molecular flexibility index (Phi) is 8.75. The Bertz CT molecular complexity index is 2710. The van der Waals surface area contributed by atoms with E-state index in [2.05, 4.69) is 82.8 Å². The van der Waals surface area contributed by atoms with Gasteiger partial charge in [0.05, 0.1) is 0 Å². The van der Waals surface area contributed by atoms with Crippen LogP contribution in [0.1, 0.15) is 0 Å². The van der Waals surface area contributed by atoms with Gasteiger partial charge in [0.2, 0.25) is 5.28 Å². The lowest BCUT2D eigenvalue weighted by atomic mass is 9.59. The summed E-state index contributed by atoms with van der Waals surface area (Å²) in [6, 6.07) is 38.6. The molecule has 0 fully saturated rings. The minimum atomic E-state index is 0.0602. The van der Waals surface area contributed by atoms with Gasteiger partial charge in [0.15, 0.2) is 11.6 Å². The van der Waals surface area contributed by atoms with Crippen LogP contribution in [0.2, 0.25) is 5.28 Å². The van der Waals surface area contributed by atoms with Crippen molar-refractivity contribution in [3.63, 3.8) is 0 Å². The Labute approximate surface area is 316 Å². The van der Waals surface area contributed by atoms with Crippen LogP contribution in [0.3, 0.4) is 0 Å². The molecule has 226 valence electrons. The second-order valence-electron chi connectivity index (χ2n) is 12.5. The molecule has 0 unspecified atom stereocenters. The summed E-state index contributed by atoms with van der Waals surface area (Å²) in [5.74, 6) is 0.823. The van der Waals surface area contributed by atoms with Crippen LogP contribution in [0.15, 0.2) is 115 Å². The van der Waals surface area contributed by atoms with E-state index in [9.17, 15) is 0 Å². The lowest BCUT2D eigenvalue weighted by Gasteiger charge is -2.25. The molecule has 0 amide bonds. The Morgan fingerprint density at radius 3 is 1.48 bits per heavy atom. The van der Waals surface area contributed by atoms with Gasteiger partial charge in [0.25, 0.3) is 0 Å². The number of fused-ring (bicyclic) bond motifs is 2. The fourth-order valence-corrected chi connectivity index (χ4v) is 7.03. The van der Waals surface area contributed by atoms with Crippen molar-refractivity contribution in [2.45, 2.75) is 0 Å². The number of nitrogens with zero attached hydrogens (tertiary/aromatic N) is 3. The maximum absolute atomic E-state index is 6.54. The van der Waals surface area contributed by atoms with Crippen LogP contribution < -0.4 is 38.2 Å². The molecule has 8 rings (SSSR count). The van der Waals surface area contributed by atoms with Crippen LogP contribution in [0.5, 0.6) is 0 Å². The highest BCUT2D eigenvalue weighted by molar-refractivity contribution is 6.71. The zero-order chi connectivity index (χ0) is 36.3. The summed E-state index contributed by atoms with van der Waals surface area (Å²) in [6.07, 6.45) is 0. The summed E-state index contributed by atoms with van der Waals surface area (Å²) in [6.45, 7) is 0. The monoisotopic (exact) mass is 665 g/mol. The largest absolute Gasteiger partial charge is 0.226 e. The van der Waals surface area contributed by atoms with Gasteiger partial charge in [-0.15, -0.1) is 16.4 Å². The van der Waals surface area contributed by atoms with Gasteiger partial charge in [-0.05, 0) is 72.6 Å². The highest BCUT2D eigenvalue weighted by Crippen LogP contribution is 2.36. The van der Waals surface area contributed by atoms with Gasteiger partial charge in [-0.25, -0.2) is 4.98 Å². The van der Waals surface area contributed by atoms with Crippen molar-refractivity contribution in [2.24, 2.45) is 0 Å². The number of hydrogen-bond acceptors (Lipinski definition) is 3. The molecule has 0 saturated heterocycles. The molecule has 1 heterocycles. The summed E-state index contributed by atoms with van der Waals surface area (Å²) >= 11 is 6.51. The van der Waals surface area contributed by atoms with E-state index in [1.165, 1.54) is 10.9 Å².